The first-order chi connectivity index (χ1) is 24.7. The fraction of sp³-hybridized carbons (Fsp3) is 0.390. The third-order valence-corrected chi connectivity index (χ3v) is 8.80. The minimum atomic E-state index is -0.785. The number of phenolic OH excluding ortho intramolecular Hbond substituents is 1. The SMILES string of the molecule is C=C(/C=C\C(=C/C)c1ccc(O)c2ccccc12)[C@H](CC(=O)OC)NC(=O)[C@H]1CCCN1C(=O)CCCN(C(=O)OC(C)(C)C)c1cc(C)ccn1. The maximum Gasteiger partial charge on any atom is 0.416 e. The Morgan fingerprint density at radius 1 is 1.12 bits per heavy atom. The highest BCUT2D eigenvalue weighted by molar-refractivity contribution is 5.99. The van der Waals surface area contributed by atoms with Gasteiger partial charge in [-0.15, -0.1) is 0 Å². The lowest BCUT2D eigenvalue weighted by molar-refractivity contribution is -0.142. The number of anilines is 1. The lowest BCUT2D eigenvalue weighted by atomic mass is 9.96. The van der Waals surface area contributed by atoms with Crippen LogP contribution in [0.15, 0.2) is 85.1 Å². The van der Waals surface area contributed by atoms with Gasteiger partial charge < -0.3 is 24.8 Å². The first-order valence-corrected chi connectivity index (χ1v) is 17.6. The van der Waals surface area contributed by atoms with Crippen LogP contribution in [0.25, 0.3) is 16.3 Å². The van der Waals surface area contributed by atoms with Crippen molar-refractivity contribution in [3.8, 4) is 5.75 Å². The molecule has 0 spiro atoms. The first kappa shape index (κ1) is 39.3. The van der Waals surface area contributed by atoms with Gasteiger partial charge in [0, 0.05) is 31.1 Å². The summed E-state index contributed by atoms with van der Waals surface area (Å²) in [5.41, 5.74) is 2.45. The normalized spacial score (nSPS) is 15.4. The molecule has 1 fully saturated rings. The average molecular weight is 711 g/mol. The Morgan fingerprint density at radius 3 is 2.52 bits per heavy atom. The van der Waals surface area contributed by atoms with Crippen LogP contribution in [0.3, 0.4) is 0 Å². The van der Waals surface area contributed by atoms with Gasteiger partial charge in [-0.25, -0.2) is 9.78 Å². The summed E-state index contributed by atoms with van der Waals surface area (Å²) in [7, 11) is 1.28. The molecule has 52 heavy (non-hydrogen) atoms. The summed E-state index contributed by atoms with van der Waals surface area (Å²) in [5, 5.41) is 14.9. The van der Waals surface area contributed by atoms with E-state index in [0.29, 0.717) is 37.2 Å². The highest BCUT2D eigenvalue weighted by Crippen LogP contribution is 2.32. The van der Waals surface area contributed by atoms with Gasteiger partial charge >= 0.3 is 12.1 Å². The third-order valence-electron chi connectivity index (χ3n) is 8.80. The van der Waals surface area contributed by atoms with Crippen LogP contribution >= 0.6 is 0 Å². The molecule has 0 unspecified atom stereocenters. The number of carbonyl (C=O) groups is 4. The molecule has 2 N–H and O–H groups in total. The summed E-state index contributed by atoms with van der Waals surface area (Å²) in [6, 6.07) is 13.2. The molecule has 3 amide bonds. The van der Waals surface area contributed by atoms with Crippen LogP contribution in [0.1, 0.15) is 70.9 Å². The summed E-state index contributed by atoms with van der Waals surface area (Å²) in [6.07, 6.45) is 8.01. The van der Waals surface area contributed by atoms with Crippen molar-refractivity contribution in [2.45, 2.75) is 84.4 Å². The Balaban J connectivity index is 1.44. The number of nitrogens with one attached hydrogen (secondary N) is 1. The van der Waals surface area contributed by atoms with E-state index in [-0.39, 0.29) is 37.0 Å². The van der Waals surface area contributed by atoms with E-state index in [1.807, 2.05) is 62.4 Å². The van der Waals surface area contributed by atoms with Crippen molar-refractivity contribution in [3.05, 3.63) is 96.2 Å². The predicted octanol–water partition coefficient (Wildman–Crippen LogP) is 7.03. The van der Waals surface area contributed by atoms with Crippen molar-refractivity contribution in [1.29, 1.82) is 0 Å². The zero-order valence-electron chi connectivity index (χ0n) is 31.0. The van der Waals surface area contributed by atoms with Crippen LogP contribution in [0.4, 0.5) is 10.6 Å². The van der Waals surface area contributed by atoms with E-state index in [2.05, 4.69) is 16.9 Å². The Labute approximate surface area is 306 Å². The van der Waals surface area contributed by atoms with Crippen molar-refractivity contribution < 1.29 is 33.8 Å². The zero-order valence-corrected chi connectivity index (χ0v) is 31.0. The van der Waals surface area contributed by atoms with Crippen molar-refractivity contribution in [2.24, 2.45) is 0 Å². The van der Waals surface area contributed by atoms with E-state index >= 15 is 0 Å². The van der Waals surface area contributed by atoms with Gasteiger partial charge in [-0.3, -0.25) is 19.3 Å². The topological polar surface area (TPSA) is 138 Å². The number of benzene rings is 2. The Hall–Kier alpha value is -5.45. The Kier molecular flexibility index (Phi) is 13.4. The number of aromatic nitrogens is 1. The summed E-state index contributed by atoms with van der Waals surface area (Å²) in [4.78, 5) is 60.1. The van der Waals surface area contributed by atoms with Gasteiger partial charge in [0.2, 0.25) is 11.8 Å². The number of pyridine rings is 1. The van der Waals surface area contributed by atoms with E-state index in [4.69, 9.17) is 9.47 Å². The number of likely N-dealkylation sites (tertiary alicyclic amines) is 1. The van der Waals surface area contributed by atoms with Crippen LogP contribution in [0, 0.1) is 6.92 Å². The van der Waals surface area contributed by atoms with Crippen LogP contribution in [0.5, 0.6) is 5.75 Å². The molecule has 0 saturated carbocycles. The molecule has 0 bridgehead atoms. The van der Waals surface area contributed by atoms with Gasteiger partial charge in [-0.05, 0) is 99.7 Å². The zero-order chi connectivity index (χ0) is 38.0. The lowest BCUT2D eigenvalue weighted by Crippen LogP contribution is -2.49. The highest BCUT2D eigenvalue weighted by atomic mass is 16.6. The molecule has 0 aliphatic carbocycles. The van der Waals surface area contributed by atoms with E-state index < -0.39 is 29.7 Å². The molecule has 4 rings (SSSR count). The fourth-order valence-corrected chi connectivity index (χ4v) is 6.14. The van der Waals surface area contributed by atoms with Crippen molar-refractivity contribution >= 4 is 46.0 Å². The standard InChI is InChI=1S/C41H50N4O7/c1-8-29(30-19-20-35(46)32-14-10-9-13-31(30)32)18-17-28(3)33(26-38(48)51-7)43-39(49)34-15-11-23-44(34)37(47)16-12-24-45(40(50)52-41(4,5)6)36-25-27(2)21-22-42-36/h8-10,13-14,17-22,25,33-34,46H,3,11-12,15-16,23-24,26H2,1-2,4-7H3,(H,43,49)/b18-17-,29-8+/t33-,34+/m0/s1. The number of amides is 3. The number of hydrogen-bond donors (Lipinski definition) is 2. The van der Waals surface area contributed by atoms with Crippen LogP contribution < -0.4 is 10.2 Å². The number of aromatic hydroxyl groups is 1. The molecule has 1 saturated heterocycles. The molecular formula is C41H50N4O7. The average Bonchev–Trinajstić information content (AvgIpc) is 3.60. The molecule has 2 atom stereocenters. The van der Waals surface area contributed by atoms with Crippen molar-refractivity contribution in [3.63, 3.8) is 0 Å². The molecule has 11 heteroatoms. The molecule has 0 radical (unpaired) electrons. The van der Waals surface area contributed by atoms with Crippen LogP contribution in [-0.2, 0) is 23.9 Å². The maximum atomic E-state index is 13.7. The Bertz CT molecular complexity index is 1860. The smallest absolute Gasteiger partial charge is 0.416 e. The number of ether oxygens (including phenoxy) is 2. The van der Waals surface area contributed by atoms with Gasteiger partial charge in [-0.1, -0.05) is 55.1 Å². The van der Waals surface area contributed by atoms with E-state index in [1.165, 1.54) is 12.0 Å². The van der Waals surface area contributed by atoms with Crippen molar-refractivity contribution in [2.75, 3.05) is 25.1 Å². The number of esters is 1. The molecule has 1 aliphatic rings. The summed E-state index contributed by atoms with van der Waals surface area (Å²) in [6.45, 7) is 14.0. The van der Waals surface area contributed by atoms with Gasteiger partial charge in [0.1, 0.15) is 23.2 Å². The minimum absolute atomic E-state index is 0.105. The second-order valence-electron chi connectivity index (χ2n) is 13.8. The van der Waals surface area contributed by atoms with Gasteiger partial charge in [0.05, 0.1) is 19.6 Å². The number of nitrogens with zero attached hydrogens (tertiary/aromatic N) is 3. The number of fused-ring (bicyclic) bond motifs is 1. The predicted molar refractivity (Wildman–Crippen MR) is 203 cm³/mol. The molecule has 2 aromatic carbocycles. The molecule has 11 nitrogen and oxygen atoms in total. The largest absolute Gasteiger partial charge is 0.507 e. The number of hydrogen-bond acceptors (Lipinski definition) is 8. The number of rotatable bonds is 13. The summed E-state index contributed by atoms with van der Waals surface area (Å²) in [5.74, 6) is -0.493. The van der Waals surface area contributed by atoms with Gasteiger partial charge in [-0.2, -0.15) is 0 Å². The molecule has 276 valence electrons. The lowest BCUT2D eigenvalue weighted by Gasteiger charge is -2.28. The quantitative estimate of drug-likeness (QED) is 0.143. The van der Waals surface area contributed by atoms with E-state index in [0.717, 1.165) is 27.5 Å². The molecule has 1 aromatic heterocycles. The fourth-order valence-electron chi connectivity index (χ4n) is 6.14. The van der Waals surface area contributed by atoms with Gasteiger partial charge in [0.25, 0.3) is 0 Å². The molecule has 3 aromatic rings. The monoisotopic (exact) mass is 710 g/mol. The molecule has 2 heterocycles. The van der Waals surface area contributed by atoms with E-state index in [1.54, 1.807) is 50.1 Å². The first-order valence-electron chi connectivity index (χ1n) is 17.6. The highest BCUT2D eigenvalue weighted by Gasteiger charge is 2.35. The minimum Gasteiger partial charge on any atom is -0.507 e. The molecular weight excluding hydrogens is 660 g/mol. The number of methoxy groups -OCH3 is 1. The second kappa shape index (κ2) is 17.7. The molecule has 1 aliphatic heterocycles. The van der Waals surface area contributed by atoms with Gasteiger partial charge in [0.15, 0.2) is 0 Å². The number of allylic oxidation sites excluding steroid dienone is 3. The second-order valence-corrected chi connectivity index (χ2v) is 13.8. The van der Waals surface area contributed by atoms with Crippen molar-refractivity contribution in [1.82, 2.24) is 15.2 Å². The maximum absolute atomic E-state index is 13.7. The summed E-state index contributed by atoms with van der Waals surface area (Å²) >= 11 is 0. The van der Waals surface area contributed by atoms with Crippen LogP contribution in [-0.4, -0.2) is 76.8 Å². The summed E-state index contributed by atoms with van der Waals surface area (Å²) < 4.78 is 10.5. The van der Waals surface area contributed by atoms with Crippen LogP contribution in [0.2, 0.25) is 0 Å². The number of carbonyl (C=O) groups excluding carboxylic acids is 4. The third kappa shape index (κ3) is 10.3. The van der Waals surface area contributed by atoms with E-state index in [9.17, 15) is 24.3 Å². The Morgan fingerprint density at radius 2 is 1.85 bits per heavy atom. The number of aryl methyl sites for hydroxylation is 1. The number of phenols is 1.